The summed E-state index contributed by atoms with van der Waals surface area (Å²) in [6.07, 6.45) is 2.19. The van der Waals surface area contributed by atoms with Crippen molar-refractivity contribution in [2.24, 2.45) is 0 Å². The highest BCUT2D eigenvalue weighted by atomic mass is 16.5. The average Bonchev–Trinajstić information content (AvgIpc) is 2.50. The van der Waals surface area contributed by atoms with Gasteiger partial charge >= 0.3 is 5.97 Å². The minimum absolute atomic E-state index is 0.289. The molecule has 1 rings (SSSR count). The van der Waals surface area contributed by atoms with Crippen molar-refractivity contribution in [2.45, 2.75) is 52.6 Å². The minimum Gasteiger partial charge on any atom is -0.461 e. The normalized spacial score (nSPS) is 14.0. The topological polar surface area (TPSA) is 55.6 Å². The Bertz CT molecular complexity index is 421. The van der Waals surface area contributed by atoms with Gasteiger partial charge in [0.1, 0.15) is 6.61 Å². The summed E-state index contributed by atoms with van der Waals surface area (Å²) < 4.78 is 5.37. The largest absolute Gasteiger partial charge is 0.461 e. The highest BCUT2D eigenvalue weighted by molar-refractivity contribution is 5.89. The number of esters is 1. The van der Waals surface area contributed by atoms with Crippen LogP contribution in [0.3, 0.4) is 0 Å². The van der Waals surface area contributed by atoms with Crippen LogP contribution < -0.4 is 5.73 Å². The second-order valence-corrected chi connectivity index (χ2v) is 5.51. The number of rotatable bonds is 8. The summed E-state index contributed by atoms with van der Waals surface area (Å²) in [4.78, 5) is 14.3. The Kier molecular flexibility index (Phi) is 7.23. The molecule has 2 N–H and O–H groups in total. The average molecular weight is 292 g/mol. The van der Waals surface area contributed by atoms with Crippen molar-refractivity contribution in [2.75, 3.05) is 18.9 Å². The van der Waals surface area contributed by atoms with E-state index in [4.69, 9.17) is 10.5 Å². The molecule has 0 amide bonds. The van der Waals surface area contributed by atoms with Gasteiger partial charge in [0.05, 0.1) is 5.56 Å². The lowest BCUT2D eigenvalue weighted by Gasteiger charge is -2.33. The van der Waals surface area contributed by atoms with Crippen LogP contribution in [0.5, 0.6) is 0 Å². The number of benzene rings is 1. The molecule has 1 aromatic rings. The molecule has 0 aliphatic heterocycles. The van der Waals surface area contributed by atoms with E-state index < -0.39 is 0 Å². The number of ether oxygens (including phenoxy) is 1. The van der Waals surface area contributed by atoms with Crippen LogP contribution in [0, 0.1) is 0 Å². The van der Waals surface area contributed by atoms with Gasteiger partial charge in [-0.1, -0.05) is 13.8 Å². The molecule has 0 aliphatic rings. The Morgan fingerprint density at radius 3 is 2.14 bits per heavy atom. The first-order valence-corrected chi connectivity index (χ1v) is 7.78. The van der Waals surface area contributed by atoms with Gasteiger partial charge in [0.15, 0.2) is 0 Å². The lowest BCUT2D eigenvalue weighted by Crippen LogP contribution is -2.42. The lowest BCUT2D eigenvalue weighted by atomic mass is 10.1. The van der Waals surface area contributed by atoms with Crippen molar-refractivity contribution in [3.8, 4) is 0 Å². The first-order chi connectivity index (χ1) is 9.99. The number of hydrogen-bond acceptors (Lipinski definition) is 4. The van der Waals surface area contributed by atoms with E-state index in [1.54, 1.807) is 24.3 Å². The molecule has 2 unspecified atom stereocenters. The number of carbonyl (C=O) groups is 1. The van der Waals surface area contributed by atoms with Gasteiger partial charge in [0.2, 0.25) is 0 Å². The maximum Gasteiger partial charge on any atom is 0.338 e. The number of nitrogens with two attached hydrogens (primary N) is 1. The van der Waals surface area contributed by atoms with Crippen LogP contribution in [0.2, 0.25) is 0 Å². The minimum atomic E-state index is -0.289. The molecule has 4 heteroatoms. The summed E-state index contributed by atoms with van der Waals surface area (Å²) in [5.41, 5.74) is 6.79. The molecule has 0 fully saturated rings. The summed E-state index contributed by atoms with van der Waals surface area (Å²) in [5, 5.41) is 0. The summed E-state index contributed by atoms with van der Waals surface area (Å²) in [7, 11) is 0. The molecule has 0 spiro atoms. The van der Waals surface area contributed by atoms with Gasteiger partial charge in [-0.05, 0) is 51.0 Å². The number of nitrogen functional groups attached to an aromatic ring is 1. The van der Waals surface area contributed by atoms with E-state index in [9.17, 15) is 4.79 Å². The zero-order valence-electron chi connectivity index (χ0n) is 13.6. The van der Waals surface area contributed by atoms with Gasteiger partial charge in [0, 0.05) is 24.3 Å². The number of nitrogens with zero attached hydrogens (tertiary/aromatic N) is 1. The van der Waals surface area contributed by atoms with Crippen LogP contribution in [-0.2, 0) is 4.74 Å². The summed E-state index contributed by atoms with van der Waals surface area (Å²) in [6.45, 7) is 9.98. The van der Waals surface area contributed by atoms with Crippen molar-refractivity contribution in [1.29, 1.82) is 0 Å². The predicted molar refractivity (Wildman–Crippen MR) is 87.3 cm³/mol. The maximum atomic E-state index is 11.9. The monoisotopic (exact) mass is 292 g/mol. The molecular formula is C17H28N2O2. The first kappa shape index (κ1) is 17.5. The molecular weight excluding hydrogens is 264 g/mol. The predicted octanol–water partition coefficient (Wildman–Crippen LogP) is 3.32. The van der Waals surface area contributed by atoms with Gasteiger partial charge in [-0.15, -0.1) is 0 Å². The van der Waals surface area contributed by atoms with Crippen LogP contribution >= 0.6 is 0 Å². The molecule has 0 aliphatic carbocycles. The van der Waals surface area contributed by atoms with Crippen molar-refractivity contribution >= 4 is 11.7 Å². The third-order valence-corrected chi connectivity index (χ3v) is 4.04. The molecule has 1 aromatic carbocycles. The number of anilines is 1. The van der Waals surface area contributed by atoms with Crippen LogP contribution in [0.15, 0.2) is 24.3 Å². The Morgan fingerprint density at radius 2 is 1.67 bits per heavy atom. The van der Waals surface area contributed by atoms with E-state index in [-0.39, 0.29) is 5.97 Å². The molecule has 0 saturated heterocycles. The molecule has 0 saturated carbocycles. The Labute approximate surface area is 128 Å². The molecule has 0 bridgehead atoms. The second-order valence-electron chi connectivity index (χ2n) is 5.51. The molecule has 0 radical (unpaired) electrons. The van der Waals surface area contributed by atoms with E-state index in [2.05, 4.69) is 32.6 Å². The molecule has 21 heavy (non-hydrogen) atoms. The number of hydrogen-bond donors (Lipinski definition) is 1. The number of carbonyl (C=O) groups excluding carboxylic acids is 1. The van der Waals surface area contributed by atoms with E-state index in [0.29, 0.717) is 29.9 Å². The van der Waals surface area contributed by atoms with Crippen molar-refractivity contribution in [3.63, 3.8) is 0 Å². The van der Waals surface area contributed by atoms with E-state index >= 15 is 0 Å². The smallest absolute Gasteiger partial charge is 0.338 e. The van der Waals surface area contributed by atoms with Gasteiger partial charge in [-0.25, -0.2) is 4.79 Å². The first-order valence-electron chi connectivity index (χ1n) is 7.78. The highest BCUT2D eigenvalue weighted by Crippen LogP contribution is 2.12. The van der Waals surface area contributed by atoms with Gasteiger partial charge in [-0.2, -0.15) is 0 Å². The summed E-state index contributed by atoms with van der Waals surface area (Å²) >= 11 is 0. The van der Waals surface area contributed by atoms with Crippen LogP contribution in [0.1, 0.15) is 50.9 Å². The van der Waals surface area contributed by atoms with Crippen molar-refractivity contribution in [1.82, 2.24) is 4.90 Å². The van der Waals surface area contributed by atoms with Gasteiger partial charge < -0.3 is 10.5 Å². The van der Waals surface area contributed by atoms with E-state index in [1.165, 1.54) is 0 Å². The summed E-state index contributed by atoms with van der Waals surface area (Å²) in [5.74, 6) is -0.289. The van der Waals surface area contributed by atoms with E-state index in [1.807, 2.05) is 0 Å². The zero-order chi connectivity index (χ0) is 15.8. The van der Waals surface area contributed by atoms with Crippen LogP contribution in [0.4, 0.5) is 5.69 Å². The molecule has 2 atom stereocenters. The summed E-state index contributed by atoms with van der Waals surface area (Å²) in [6, 6.07) is 7.80. The quantitative estimate of drug-likeness (QED) is 0.590. The fourth-order valence-electron chi connectivity index (χ4n) is 2.29. The third-order valence-electron chi connectivity index (χ3n) is 4.04. The van der Waals surface area contributed by atoms with Crippen LogP contribution in [0.25, 0.3) is 0 Å². The molecule has 0 aromatic heterocycles. The molecule has 0 heterocycles. The van der Waals surface area contributed by atoms with Gasteiger partial charge in [0.25, 0.3) is 0 Å². The molecule has 118 valence electrons. The molecule has 4 nitrogen and oxygen atoms in total. The van der Waals surface area contributed by atoms with E-state index in [0.717, 1.165) is 19.4 Å². The van der Waals surface area contributed by atoms with Crippen molar-refractivity contribution in [3.05, 3.63) is 29.8 Å². The Balaban J connectivity index is 2.49. The Morgan fingerprint density at radius 1 is 1.14 bits per heavy atom. The third kappa shape index (κ3) is 5.38. The maximum absolute atomic E-state index is 11.9. The van der Waals surface area contributed by atoms with Crippen molar-refractivity contribution < 1.29 is 9.53 Å². The SMILES string of the molecule is CCC(C)N(CCOC(=O)c1ccc(N)cc1)C(C)CC. The van der Waals surface area contributed by atoms with Gasteiger partial charge in [-0.3, -0.25) is 4.90 Å². The zero-order valence-corrected chi connectivity index (χ0v) is 13.6. The second kappa shape index (κ2) is 8.67. The highest BCUT2D eigenvalue weighted by Gasteiger charge is 2.18. The fourth-order valence-corrected chi connectivity index (χ4v) is 2.29. The fraction of sp³-hybridized carbons (Fsp3) is 0.588. The standard InChI is InChI=1S/C17H28N2O2/c1-5-13(3)19(14(4)6-2)11-12-21-17(20)15-7-9-16(18)10-8-15/h7-10,13-14H,5-6,11-12,18H2,1-4H3. The lowest BCUT2D eigenvalue weighted by molar-refractivity contribution is 0.0396. The van der Waals surface area contributed by atoms with Crippen LogP contribution in [-0.4, -0.2) is 36.1 Å². The Hall–Kier alpha value is -1.55.